The molecule has 0 unspecified atom stereocenters. The van der Waals surface area contributed by atoms with Crippen molar-refractivity contribution < 1.29 is 13.2 Å². The Morgan fingerprint density at radius 2 is 1.71 bits per heavy atom. The first kappa shape index (κ1) is 17.7. The van der Waals surface area contributed by atoms with Gasteiger partial charge in [-0.15, -0.1) is 6.58 Å². The van der Waals surface area contributed by atoms with E-state index in [0.717, 1.165) is 5.56 Å². The predicted molar refractivity (Wildman–Crippen MR) is 95.9 cm³/mol. The SMILES string of the molecule is C=CCNS(=O)(=O)c1ccc(NC(=O)/C=C/c2ccccc2)cc1. The third kappa shape index (κ3) is 5.19. The Bertz CT molecular complexity index is 826. The fraction of sp³-hybridized carbons (Fsp3) is 0.0556. The van der Waals surface area contributed by atoms with Gasteiger partial charge < -0.3 is 5.32 Å². The second kappa shape index (κ2) is 8.24. The summed E-state index contributed by atoms with van der Waals surface area (Å²) < 4.78 is 26.2. The lowest BCUT2D eigenvalue weighted by molar-refractivity contribution is -0.111. The summed E-state index contributed by atoms with van der Waals surface area (Å²) in [6, 6.07) is 15.4. The van der Waals surface area contributed by atoms with E-state index in [1.165, 1.54) is 36.4 Å². The van der Waals surface area contributed by atoms with Crippen molar-refractivity contribution in [3.63, 3.8) is 0 Å². The quantitative estimate of drug-likeness (QED) is 0.600. The van der Waals surface area contributed by atoms with Crippen LogP contribution in [0, 0.1) is 0 Å². The van der Waals surface area contributed by atoms with Crippen molar-refractivity contribution in [1.29, 1.82) is 0 Å². The largest absolute Gasteiger partial charge is 0.323 e. The Labute approximate surface area is 141 Å². The molecule has 0 fully saturated rings. The maximum atomic E-state index is 11.9. The lowest BCUT2D eigenvalue weighted by atomic mass is 10.2. The lowest BCUT2D eigenvalue weighted by Crippen LogP contribution is -2.23. The summed E-state index contributed by atoms with van der Waals surface area (Å²) in [6.45, 7) is 3.62. The summed E-state index contributed by atoms with van der Waals surface area (Å²) in [4.78, 5) is 12.0. The van der Waals surface area contributed by atoms with Gasteiger partial charge in [0.05, 0.1) is 4.90 Å². The van der Waals surface area contributed by atoms with Crippen LogP contribution in [-0.4, -0.2) is 20.9 Å². The number of nitrogens with one attached hydrogen (secondary N) is 2. The Morgan fingerprint density at radius 3 is 2.33 bits per heavy atom. The van der Waals surface area contributed by atoms with E-state index in [4.69, 9.17) is 0 Å². The van der Waals surface area contributed by atoms with Crippen LogP contribution < -0.4 is 10.0 Å². The standard InChI is InChI=1S/C18H18N2O3S/c1-2-14-19-24(22,23)17-11-9-16(10-12-17)20-18(21)13-8-15-6-4-3-5-7-15/h2-13,19H,1,14H2,(H,20,21)/b13-8+. The van der Waals surface area contributed by atoms with Gasteiger partial charge in [-0.05, 0) is 35.9 Å². The van der Waals surface area contributed by atoms with Crippen LogP contribution in [0.3, 0.4) is 0 Å². The summed E-state index contributed by atoms with van der Waals surface area (Å²) in [5.74, 6) is -0.292. The average molecular weight is 342 g/mol. The molecule has 0 heterocycles. The fourth-order valence-electron chi connectivity index (χ4n) is 1.89. The molecule has 0 bridgehead atoms. The molecule has 0 aromatic heterocycles. The van der Waals surface area contributed by atoms with E-state index in [0.29, 0.717) is 5.69 Å². The second-order valence-corrected chi connectivity index (χ2v) is 6.67. The summed E-state index contributed by atoms with van der Waals surface area (Å²) >= 11 is 0. The topological polar surface area (TPSA) is 75.3 Å². The molecule has 0 radical (unpaired) electrons. The maximum Gasteiger partial charge on any atom is 0.248 e. The number of amides is 1. The molecular weight excluding hydrogens is 324 g/mol. The molecule has 2 rings (SSSR count). The summed E-state index contributed by atoms with van der Waals surface area (Å²) in [5.41, 5.74) is 1.43. The molecule has 0 aliphatic heterocycles. The molecule has 0 saturated heterocycles. The molecule has 0 saturated carbocycles. The van der Waals surface area contributed by atoms with Gasteiger partial charge in [-0.1, -0.05) is 36.4 Å². The Balaban J connectivity index is 2.00. The zero-order valence-corrected chi connectivity index (χ0v) is 13.8. The van der Waals surface area contributed by atoms with E-state index in [2.05, 4.69) is 16.6 Å². The lowest BCUT2D eigenvalue weighted by Gasteiger charge is -2.06. The van der Waals surface area contributed by atoms with Gasteiger partial charge in [0.2, 0.25) is 15.9 Å². The molecule has 2 aromatic carbocycles. The highest BCUT2D eigenvalue weighted by Crippen LogP contribution is 2.14. The smallest absolute Gasteiger partial charge is 0.248 e. The van der Waals surface area contributed by atoms with Crippen LogP contribution in [0.25, 0.3) is 6.08 Å². The molecule has 2 N–H and O–H groups in total. The number of rotatable bonds is 7. The summed E-state index contributed by atoms with van der Waals surface area (Å²) in [6.07, 6.45) is 4.59. The second-order valence-electron chi connectivity index (χ2n) is 4.90. The van der Waals surface area contributed by atoms with Gasteiger partial charge in [0.1, 0.15) is 0 Å². The van der Waals surface area contributed by atoms with Crippen molar-refractivity contribution in [2.45, 2.75) is 4.90 Å². The van der Waals surface area contributed by atoms with Crippen LogP contribution in [0.5, 0.6) is 0 Å². The number of anilines is 1. The molecule has 24 heavy (non-hydrogen) atoms. The van der Waals surface area contributed by atoms with Crippen LogP contribution in [0.15, 0.2) is 78.2 Å². The number of sulfonamides is 1. The number of carbonyl (C=O) groups is 1. The minimum Gasteiger partial charge on any atom is -0.323 e. The minimum absolute atomic E-state index is 0.127. The van der Waals surface area contributed by atoms with Crippen LogP contribution in [-0.2, 0) is 14.8 Å². The minimum atomic E-state index is -3.56. The third-order valence-electron chi connectivity index (χ3n) is 3.08. The average Bonchev–Trinajstić information content (AvgIpc) is 2.60. The molecule has 1 amide bonds. The summed E-state index contributed by atoms with van der Waals surface area (Å²) in [7, 11) is -3.56. The molecule has 2 aromatic rings. The van der Waals surface area contributed by atoms with Crippen LogP contribution in [0.2, 0.25) is 0 Å². The van der Waals surface area contributed by atoms with Gasteiger partial charge in [-0.2, -0.15) is 0 Å². The van der Waals surface area contributed by atoms with Gasteiger partial charge in [0.25, 0.3) is 0 Å². The van der Waals surface area contributed by atoms with E-state index >= 15 is 0 Å². The molecule has 0 aliphatic rings. The summed E-state index contributed by atoms with van der Waals surface area (Å²) in [5, 5.41) is 2.68. The molecule has 5 nitrogen and oxygen atoms in total. The molecule has 0 aliphatic carbocycles. The predicted octanol–water partition coefficient (Wildman–Crippen LogP) is 2.80. The van der Waals surface area contributed by atoms with Crippen LogP contribution >= 0.6 is 0 Å². The van der Waals surface area contributed by atoms with Crippen molar-refractivity contribution in [1.82, 2.24) is 4.72 Å². The van der Waals surface area contributed by atoms with Crippen molar-refractivity contribution in [3.05, 3.63) is 78.9 Å². The highest BCUT2D eigenvalue weighted by Gasteiger charge is 2.12. The fourth-order valence-corrected chi connectivity index (χ4v) is 2.89. The molecule has 0 atom stereocenters. The Kier molecular flexibility index (Phi) is 6.06. The van der Waals surface area contributed by atoms with Gasteiger partial charge >= 0.3 is 0 Å². The van der Waals surface area contributed by atoms with E-state index < -0.39 is 10.0 Å². The highest BCUT2D eigenvalue weighted by atomic mass is 32.2. The van der Waals surface area contributed by atoms with Gasteiger partial charge in [0.15, 0.2) is 0 Å². The first-order valence-electron chi connectivity index (χ1n) is 7.26. The normalized spacial score (nSPS) is 11.3. The Morgan fingerprint density at radius 1 is 1.04 bits per heavy atom. The zero-order chi connectivity index (χ0) is 17.4. The first-order valence-corrected chi connectivity index (χ1v) is 8.74. The van der Waals surface area contributed by atoms with E-state index in [-0.39, 0.29) is 17.3 Å². The molecule has 124 valence electrons. The van der Waals surface area contributed by atoms with Crippen LogP contribution in [0.4, 0.5) is 5.69 Å². The monoisotopic (exact) mass is 342 g/mol. The third-order valence-corrected chi connectivity index (χ3v) is 4.52. The van der Waals surface area contributed by atoms with E-state index in [1.807, 2.05) is 30.3 Å². The maximum absolute atomic E-state index is 11.9. The van der Waals surface area contributed by atoms with Crippen LogP contribution in [0.1, 0.15) is 5.56 Å². The van der Waals surface area contributed by atoms with E-state index in [1.54, 1.807) is 6.08 Å². The van der Waals surface area contributed by atoms with Crippen molar-refractivity contribution in [2.24, 2.45) is 0 Å². The Hall–Kier alpha value is -2.70. The van der Waals surface area contributed by atoms with Gasteiger partial charge in [-0.3, -0.25) is 4.79 Å². The van der Waals surface area contributed by atoms with Gasteiger partial charge in [0, 0.05) is 18.3 Å². The zero-order valence-electron chi connectivity index (χ0n) is 13.0. The molecular formula is C18H18N2O3S. The highest BCUT2D eigenvalue weighted by molar-refractivity contribution is 7.89. The van der Waals surface area contributed by atoms with E-state index in [9.17, 15) is 13.2 Å². The number of benzene rings is 2. The number of hydrogen-bond donors (Lipinski definition) is 2. The first-order chi connectivity index (χ1) is 11.5. The van der Waals surface area contributed by atoms with Crippen molar-refractivity contribution in [2.75, 3.05) is 11.9 Å². The van der Waals surface area contributed by atoms with Crippen molar-refractivity contribution in [3.8, 4) is 0 Å². The molecule has 0 spiro atoms. The van der Waals surface area contributed by atoms with Crippen molar-refractivity contribution >= 4 is 27.7 Å². The number of hydrogen-bond acceptors (Lipinski definition) is 3. The van der Waals surface area contributed by atoms with Gasteiger partial charge in [-0.25, -0.2) is 13.1 Å². The number of carbonyl (C=O) groups excluding carboxylic acids is 1. The molecule has 6 heteroatoms.